The van der Waals surface area contributed by atoms with Crippen LogP contribution in [0.5, 0.6) is 0 Å². The highest BCUT2D eigenvalue weighted by atomic mass is 28.5. The highest BCUT2D eigenvalue weighted by Gasteiger charge is 2.62. The molecule has 1 aromatic heterocycles. The molecule has 0 radical (unpaired) electrons. The van der Waals surface area contributed by atoms with E-state index in [2.05, 4.69) is 55.4 Å². The van der Waals surface area contributed by atoms with E-state index in [0.717, 1.165) is 16.2 Å². The van der Waals surface area contributed by atoms with Crippen molar-refractivity contribution in [2.24, 2.45) is 0 Å². The summed E-state index contributed by atoms with van der Waals surface area (Å²) in [5.74, 6) is -1.41. The maximum Gasteiger partial charge on any atom is 0.340 e. The Morgan fingerprint density at radius 3 is 2.00 bits per heavy atom. The van der Waals surface area contributed by atoms with Gasteiger partial charge in [0.15, 0.2) is 6.23 Å². The second-order valence-electron chi connectivity index (χ2n) is 14.4. The molecular weight excluding hydrogens is 689 g/mol. The van der Waals surface area contributed by atoms with E-state index in [9.17, 15) is 19.2 Å². The molecule has 2 aromatic carbocycles. The molecule has 51 heavy (non-hydrogen) atoms. The Hall–Kier alpha value is -3.51. The Labute approximate surface area is 301 Å². The Kier molecular flexibility index (Phi) is 12.2. The average Bonchev–Trinajstić information content (AvgIpc) is 3.42. The lowest BCUT2D eigenvalue weighted by molar-refractivity contribution is -0.156. The highest BCUT2D eigenvalue weighted by molar-refractivity contribution is 6.84. The van der Waals surface area contributed by atoms with Crippen LogP contribution < -0.4 is 11.2 Å². The van der Waals surface area contributed by atoms with Crippen molar-refractivity contribution in [1.82, 2.24) is 9.13 Å². The smallest absolute Gasteiger partial charge is 0.340 e. The SMILES string of the molecule is CC(C)[Si]1(C(C)C)OC[C@H]2O[C@@H](n3ccc(=O)n(C(=O)c4ccccc4)c3=O)C(OCC(=O)OCc3ccccc3)[C@H]2O[Si](C(C)C)(C(C)C)O1. The van der Waals surface area contributed by atoms with Crippen LogP contribution in [0.4, 0.5) is 0 Å². The molecule has 2 fully saturated rings. The molecule has 5 rings (SSSR count). The van der Waals surface area contributed by atoms with Gasteiger partial charge in [0, 0.05) is 17.8 Å². The fourth-order valence-corrected chi connectivity index (χ4v) is 18.3. The summed E-state index contributed by atoms with van der Waals surface area (Å²) in [7, 11) is -6.13. The van der Waals surface area contributed by atoms with Crippen LogP contribution in [0, 0.1) is 0 Å². The third kappa shape index (κ3) is 7.82. The van der Waals surface area contributed by atoms with Crippen molar-refractivity contribution in [2.75, 3.05) is 13.2 Å². The molecule has 4 atom stereocenters. The largest absolute Gasteiger partial charge is 0.459 e. The van der Waals surface area contributed by atoms with Crippen LogP contribution >= 0.6 is 0 Å². The van der Waals surface area contributed by atoms with Crippen LogP contribution in [-0.2, 0) is 38.6 Å². The molecule has 2 aliphatic rings. The normalized spacial score (nSPS) is 22.9. The fourth-order valence-electron chi connectivity index (χ4n) is 7.05. The topological polar surface area (TPSA) is 134 Å². The number of hydrogen-bond donors (Lipinski definition) is 0. The molecule has 0 amide bonds. The van der Waals surface area contributed by atoms with Gasteiger partial charge < -0.3 is 27.2 Å². The van der Waals surface area contributed by atoms with Crippen molar-refractivity contribution in [1.29, 1.82) is 0 Å². The number of nitrogens with zero attached hydrogens (tertiary/aromatic N) is 2. The van der Waals surface area contributed by atoms with E-state index < -0.39 is 71.4 Å². The summed E-state index contributed by atoms with van der Waals surface area (Å²) in [5, 5.41) is 0. The van der Waals surface area contributed by atoms with Crippen LogP contribution in [0.15, 0.2) is 82.5 Å². The molecule has 0 aliphatic carbocycles. The van der Waals surface area contributed by atoms with Gasteiger partial charge in [-0.15, -0.1) is 0 Å². The molecule has 0 spiro atoms. The summed E-state index contributed by atoms with van der Waals surface area (Å²) in [5.41, 5.74) is -0.603. The van der Waals surface area contributed by atoms with Gasteiger partial charge >= 0.3 is 28.8 Å². The highest BCUT2D eigenvalue weighted by Crippen LogP contribution is 2.48. The van der Waals surface area contributed by atoms with Crippen molar-refractivity contribution < 1.29 is 36.8 Å². The van der Waals surface area contributed by atoms with Crippen LogP contribution in [0.2, 0.25) is 22.2 Å². The zero-order valence-corrected chi connectivity index (χ0v) is 32.6. The van der Waals surface area contributed by atoms with Gasteiger partial charge in [-0.25, -0.2) is 9.59 Å². The molecule has 3 aromatic rings. The lowest BCUT2D eigenvalue weighted by Crippen LogP contribution is -2.66. The van der Waals surface area contributed by atoms with E-state index in [1.54, 1.807) is 18.2 Å². The molecule has 276 valence electrons. The predicted octanol–water partition coefficient (Wildman–Crippen LogP) is 5.68. The molecular formula is C37H50N2O10Si2. The van der Waals surface area contributed by atoms with Gasteiger partial charge in [-0.3, -0.25) is 14.2 Å². The van der Waals surface area contributed by atoms with E-state index in [4.69, 9.17) is 27.2 Å². The van der Waals surface area contributed by atoms with Gasteiger partial charge in [0.25, 0.3) is 11.5 Å². The zero-order chi connectivity index (χ0) is 37.1. The summed E-state index contributed by atoms with van der Waals surface area (Å²) in [4.78, 5) is 53.7. The number of rotatable bonds is 11. The van der Waals surface area contributed by atoms with Crippen molar-refractivity contribution in [3.8, 4) is 0 Å². The minimum absolute atomic E-state index is 0.0205. The number of carbonyl (C=O) groups excluding carboxylic acids is 2. The summed E-state index contributed by atoms with van der Waals surface area (Å²) in [6.07, 6.45) is -2.56. The van der Waals surface area contributed by atoms with E-state index in [-0.39, 0.29) is 40.9 Å². The number of carbonyl (C=O) groups is 2. The lowest BCUT2D eigenvalue weighted by atomic mass is 10.1. The minimum atomic E-state index is -3.19. The van der Waals surface area contributed by atoms with Crippen molar-refractivity contribution in [3.63, 3.8) is 0 Å². The summed E-state index contributed by atoms with van der Waals surface area (Å²) >= 11 is 0. The molecule has 0 bridgehead atoms. The Balaban J connectivity index is 1.57. The number of fused-ring (bicyclic) bond motifs is 1. The lowest BCUT2D eigenvalue weighted by Gasteiger charge is -2.51. The van der Waals surface area contributed by atoms with Gasteiger partial charge in [-0.05, 0) is 39.9 Å². The average molecular weight is 739 g/mol. The predicted molar refractivity (Wildman–Crippen MR) is 195 cm³/mol. The van der Waals surface area contributed by atoms with Gasteiger partial charge in [0.05, 0.1) is 6.61 Å². The first-order valence-corrected chi connectivity index (χ1v) is 21.6. The summed E-state index contributed by atoms with van der Waals surface area (Å²) < 4.78 is 41.6. The van der Waals surface area contributed by atoms with Gasteiger partial charge in [-0.2, -0.15) is 4.57 Å². The molecule has 0 saturated carbocycles. The number of ether oxygens (including phenoxy) is 3. The standard InChI is InChI=1S/C37H50N2O10Si2/c1-24(2)50(25(3)4)46-22-30-33(48-51(49-50,26(5)6)27(7)8)34(45-23-32(41)44-21-28-15-11-9-12-16-28)36(47-30)38-20-19-31(40)39(37(38)43)35(42)29-17-13-10-14-18-29/h9-20,24-27,30,33-34,36H,21-23H2,1-8H3/t30-,33+,34?,36-/m1/s1. The number of esters is 1. The maximum absolute atomic E-state index is 14.1. The van der Waals surface area contributed by atoms with Crippen molar-refractivity contribution in [2.45, 2.75) is 109 Å². The van der Waals surface area contributed by atoms with Gasteiger partial charge in [-0.1, -0.05) is 104 Å². The van der Waals surface area contributed by atoms with Gasteiger partial charge in [0.1, 0.15) is 31.5 Å². The first-order valence-electron chi connectivity index (χ1n) is 17.6. The summed E-state index contributed by atoms with van der Waals surface area (Å²) in [6, 6.07) is 18.5. The number of benzene rings is 2. The monoisotopic (exact) mass is 738 g/mol. The quantitative estimate of drug-likeness (QED) is 0.179. The third-order valence-corrected chi connectivity index (χ3v) is 20.0. The van der Waals surface area contributed by atoms with E-state index >= 15 is 0 Å². The molecule has 3 heterocycles. The van der Waals surface area contributed by atoms with Gasteiger partial charge in [0.2, 0.25) is 0 Å². The van der Waals surface area contributed by atoms with Crippen LogP contribution in [0.25, 0.3) is 0 Å². The Bertz CT molecular complexity index is 1760. The first kappa shape index (κ1) is 38.7. The van der Waals surface area contributed by atoms with Crippen molar-refractivity contribution in [3.05, 3.63) is 105 Å². The van der Waals surface area contributed by atoms with Crippen LogP contribution in [0.1, 0.15) is 77.5 Å². The first-order chi connectivity index (χ1) is 24.2. The Morgan fingerprint density at radius 1 is 0.824 bits per heavy atom. The van der Waals surface area contributed by atoms with Crippen LogP contribution in [-0.4, -0.2) is 69.7 Å². The molecule has 2 saturated heterocycles. The zero-order valence-electron chi connectivity index (χ0n) is 30.6. The molecule has 1 unspecified atom stereocenters. The second kappa shape index (κ2) is 16.0. The Morgan fingerprint density at radius 2 is 1.41 bits per heavy atom. The number of aromatic nitrogens is 2. The fraction of sp³-hybridized carbons (Fsp3) is 0.514. The number of hydrogen-bond acceptors (Lipinski definition) is 10. The molecule has 12 nitrogen and oxygen atoms in total. The van der Waals surface area contributed by atoms with Crippen molar-refractivity contribution >= 4 is 29.0 Å². The van der Waals surface area contributed by atoms with E-state index in [0.29, 0.717) is 4.57 Å². The second-order valence-corrected chi connectivity index (χ2v) is 23.2. The van der Waals surface area contributed by atoms with E-state index in [1.807, 2.05) is 30.3 Å². The molecule has 0 N–H and O–H groups in total. The maximum atomic E-state index is 14.1. The molecule has 2 aliphatic heterocycles. The minimum Gasteiger partial charge on any atom is -0.459 e. The summed E-state index contributed by atoms with van der Waals surface area (Å²) in [6.45, 7) is 16.5. The van der Waals surface area contributed by atoms with Crippen LogP contribution in [0.3, 0.4) is 0 Å². The van der Waals surface area contributed by atoms with E-state index in [1.165, 1.54) is 18.3 Å². The third-order valence-electron chi connectivity index (χ3n) is 9.76. The molecule has 14 heteroatoms.